The van der Waals surface area contributed by atoms with E-state index >= 15 is 0 Å². The quantitative estimate of drug-likeness (QED) is 0.203. The first-order chi connectivity index (χ1) is 24.3. The highest BCUT2D eigenvalue weighted by Crippen LogP contribution is 2.47. The lowest BCUT2D eigenvalue weighted by Crippen LogP contribution is -2.38. The molecule has 0 radical (unpaired) electrons. The second-order valence-electron chi connectivity index (χ2n) is 12.8. The number of nitrogens with one attached hydrogen (secondary N) is 1. The SMILES string of the molecule is C1=c2cccnc2=CC2Oc3cc(-c4cc5ccccc5c5ccccc45)cc(C4=NC(c5ccccc5)N=C(c5ccccc5)N4)c3C12. The Bertz CT molecular complexity index is 2630. The largest absolute Gasteiger partial charge is 0.485 e. The van der Waals surface area contributed by atoms with Gasteiger partial charge in [-0.2, -0.15) is 0 Å². The fourth-order valence-electron chi connectivity index (χ4n) is 7.58. The van der Waals surface area contributed by atoms with Gasteiger partial charge in [0.2, 0.25) is 0 Å². The van der Waals surface area contributed by atoms with Crippen molar-refractivity contribution in [3.63, 3.8) is 0 Å². The van der Waals surface area contributed by atoms with Gasteiger partial charge >= 0.3 is 0 Å². The summed E-state index contributed by atoms with van der Waals surface area (Å²) < 4.78 is 6.84. The second kappa shape index (κ2) is 11.1. The molecule has 0 saturated carbocycles. The number of aliphatic imine (C=N–C) groups is 2. The number of fused-ring (bicyclic) bond motifs is 7. The Hall–Kier alpha value is -6.33. The maximum Gasteiger partial charge on any atom is 0.169 e. The van der Waals surface area contributed by atoms with Crippen molar-refractivity contribution in [2.75, 3.05) is 0 Å². The Balaban J connectivity index is 1.23. The van der Waals surface area contributed by atoms with Gasteiger partial charge in [0.25, 0.3) is 0 Å². The molecule has 232 valence electrons. The number of benzene rings is 6. The summed E-state index contributed by atoms with van der Waals surface area (Å²) in [5.41, 5.74) is 6.42. The Morgan fingerprint density at radius 2 is 1.31 bits per heavy atom. The molecule has 0 fully saturated rings. The van der Waals surface area contributed by atoms with Crippen LogP contribution in [-0.4, -0.2) is 22.8 Å². The molecule has 0 spiro atoms. The van der Waals surface area contributed by atoms with Gasteiger partial charge in [-0.1, -0.05) is 121 Å². The van der Waals surface area contributed by atoms with Crippen molar-refractivity contribution < 1.29 is 4.74 Å². The van der Waals surface area contributed by atoms with Crippen LogP contribution in [0.1, 0.15) is 34.3 Å². The van der Waals surface area contributed by atoms with Crippen LogP contribution in [0.15, 0.2) is 156 Å². The highest BCUT2D eigenvalue weighted by atomic mass is 16.5. The predicted octanol–water partition coefficient (Wildman–Crippen LogP) is 7.67. The van der Waals surface area contributed by atoms with Crippen LogP contribution in [-0.2, 0) is 0 Å². The van der Waals surface area contributed by atoms with E-state index in [4.69, 9.17) is 14.7 Å². The first kappa shape index (κ1) is 27.8. The third kappa shape index (κ3) is 4.66. The Morgan fingerprint density at radius 1 is 0.571 bits per heavy atom. The number of rotatable bonds is 4. The molecule has 1 N–H and O–H groups in total. The average Bonchev–Trinajstić information content (AvgIpc) is 3.54. The van der Waals surface area contributed by atoms with Crippen LogP contribution in [0.4, 0.5) is 0 Å². The van der Waals surface area contributed by atoms with Crippen molar-refractivity contribution >= 4 is 45.4 Å². The summed E-state index contributed by atoms with van der Waals surface area (Å²) in [6.07, 6.45) is 5.73. The molecule has 0 amide bonds. The molecule has 3 atom stereocenters. The zero-order valence-corrected chi connectivity index (χ0v) is 26.5. The van der Waals surface area contributed by atoms with Crippen LogP contribution in [0.3, 0.4) is 0 Å². The van der Waals surface area contributed by atoms with Crippen LogP contribution < -0.4 is 20.6 Å². The fraction of sp³-hybridized carbons (Fsp3) is 0.0682. The molecule has 0 bridgehead atoms. The molecule has 1 aliphatic carbocycles. The van der Waals surface area contributed by atoms with E-state index in [-0.39, 0.29) is 12.0 Å². The monoisotopic (exact) mass is 630 g/mol. The van der Waals surface area contributed by atoms with Crippen molar-refractivity contribution in [3.05, 3.63) is 179 Å². The van der Waals surface area contributed by atoms with Crippen molar-refractivity contribution in [1.82, 2.24) is 10.3 Å². The van der Waals surface area contributed by atoms with Gasteiger partial charge in [-0.25, -0.2) is 9.98 Å². The lowest BCUT2D eigenvalue weighted by molar-refractivity contribution is 0.288. The van der Waals surface area contributed by atoms with Gasteiger partial charge in [0.15, 0.2) is 6.17 Å². The van der Waals surface area contributed by atoms with Crippen LogP contribution in [0.25, 0.3) is 44.8 Å². The summed E-state index contributed by atoms with van der Waals surface area (Å²) in [5.74, 6) is 2.44. The molecule has 3 heterocycles. The molecule has 7 aromatic rings. The predicted molar refractivity (Wildman–Crippen MR) is 198 cm³/mol. The van der Waals surface area contributed by atoms with Crippen LogP contribution in [0, 0.1) is 0 Å². The lowest BCUT2D eigenvalue weighted by atomic mass is 9.85. The zero-order chi connectivity index (χ0) is 32.3. The van der Waals surface area contributed by atoms with Gasteiger partial charge in [0.05, 0.1) is 5.35 Å². The van der Waals surface area contributed by atoms with Gasteiger partial charge in [-0.3, -0.25) is 4.98 Å². The maximum absolute atomic E-state index is 6.84. The molecule has 6 aromatic carbocycles. The number of amidine groups is 2. The third-order valence-corrected chi connectivity index (χ3v) is 9.86. The van der Waals surface area contributed by atoms with E-state index in [1.54, 1.807) is 0 Å². The van der Waals surface area contributed by atoms with Crippen molar-refractivity contribution in [3.8, 4) is 16.9 Å². The van der Waals surface area contributed by atoms with E-state index in [2.05, 4.69) is 120 Å². The van der Waals surface area contributed by atoms with Gasteiger partial charge in [-0.15, -0.1) is 0 Å². The summed E-state index contributed by atoms with van der Waals surface area (Å²) in [4.78, 5) is 15.1. The number of pyridine rings is 1. The van der Waals surface area contributed by atoms with Crippen molar-refractivity contribution in [2.45, 2.75) is 18.2 Å². The van der Waals surface area contributed by atoms with Gasteiger partial charge in [0.1, 0.15) is 23.5 Å². The van der Waals surface area contributed by atoms with E-state index in [0.717, 1.165) is 61.4 Å². The summed E-state index contributed by atoms with van der Waals surface area (Å²) >= 11 is 0. The first-order valence-electron chi connectivity index (χ1n) is 16.7. The average molecular weight is 631 g/mol. The van der Waals surface area contributed by atoms with E-state index in [1.165, 1.54) is 21.5 Å². The highest BCUT2D eigenvalue weighted by Gasteiger charge is 2.38. The van der Waals surface area contributed by atoms with E-state index in [1.807, 2.05) is 48.7 Å². The van der Waals surface area contributed by atoms with E-state index in [0.29, 0.717) is 0 Å². The van der Waals surface area contributed by atoms with Crippen LogP contribution in [0.2, 0.25) is 0 Å². The third-order valence-electron chi connectivity index (χ3n) is 9.86. The normalized spacial score (nSPS) is 18.9. The van der Waals surface area contributed by atoms with Gasteiger partial charge in [-0.05, 0) is 73.8 Å². The first-order valence-corrected chi connectivity index (χ1v) is 16.7. The number of aromatic nitrogens is 1. The van der Waals surface area contributed by atoms with E-state index < -0.39 is 6.17 Å². The molecule has 1 aromatic heterocycles. The minimum absolute atomic E-state index is 0.00261. The van der Waals surface area contributed by atoms with Crippen molar-refractivity contribution in [1.29, 1.82) is 0 Å². The molecule has 3 unspecified atom stereocenters. The molecule has 49 heavy (non-hydrogen) atoms. The second-order valence-corrected chi connectivity index (χ2v) is 12.8. The van der Waals surface area contributed by atoms with Gasteiger partial charge in [0, 0.05) is 28.8 Å². The molecular weight excluding hydrogens is 601 g/mol. The Kier molecular flexibility index (Phi) is 6.31. The van der Waals surface area contributed by atoms with Gasteiger partial charge < -0.3 is 10.1 Å². The topological polar surface area (TPSA) is 58.9 Å². The molecule has 3 aliphatic rings. The molecule has 5 heteroatoms. The minimum atomic E-state index is -0.404. The summed E-state index contributed by atoms with van der Waals surface area (Å²) in [5, 5.41) is 10.6. The Labute approximate surface area is 283 Å². The molecule has 0 saturated heterocycles. The maximum atomic E-state index is 6.84. The zero-order valence-electron chi connectivity index (χ0n) is 26.5. The lowest BCUT2D eigenvalue weighted by Gasteiger charge is -2.25. The molecule has 10 rings (SSSR count). The molecular formula is C44H30N4O. The molecule has 5 nitrogen and oxygen atoms in total. The standard InChI is InChI=1S/C44H30N4O/c1-3-12-27(13-4-1)42-46-43(28-14-5-2-6-15-28)48-44(47-42)37-24-31(35-22-29-16-7-8-18-32(29)33-19-9-10-20-34(33)35)25-40-41(37)36-23-30-17-11-21-45-38(30)26-39(36)49-40/h1-26,36,39,42H,(H,46,47,48). The van der Waals surface area contributed by atoms with E-state index in [9.17, 15) is 0 Å². The highest BCUT2D eigenvalue weighted by molar-refractivity contribution is 6.18. The summed E-state index contributed by atoms with van der Waals surface area (Å²) in [6.45, 7) is 0. The van der Waals surface area contributed by atoms with Crippen LogP contribution in [0.5, 0.6) is 5.75 Å². The minimum Gasteiger partial charge on any atom is -0.485 e. The van der Waals surface area contributed by atoms with Crippen molar-refractivity contribution in [2.24, 2.45) is 9.98 Å². The number of hydrogen-bond donors (Lipinski definition) is 1. The summed E-state index contributed by atoms with van der Waals surface area (Å²) in [6, 6.07) is 48.8. The fourth-order valence-corrected chi connectivity index (χ4v) is 7.58. The summed E-state index contributed by atoms with van der Waals surface area (Å²) in [7, 11) is 0. The number of nitrogens with zero attached hydrogens (tertiary/aromatic N) is 3. The molecule has 2 aliphatic heterocycles. The number of hydrogen-bond acceptors (Lipinski definition) is 5. The number of ether oxygens (including phenoxy) is 1. The smallest absolute Gasteiger partial charge is 0.169 e. The Morgan fingerprint density at radius 3 is 2.16 bits per heavy atom. The van der Waals surface area contributed by atoms with Crippen LogP contribution >= 0.6 is 0 Å².